The predicted molar refractivity (Wildman–Crippen MR) is 438 cm³/mol. The maximum atomic E-state index is 13.5. The number of unbranched alkanes of at least 4 members (excludes halogenated alkanes) is 34. The van der Waals surface area contributed by atoms with Crippen molar-refractivity contribution >= 4 is 5.91 Å². The van der Waals surface area contributed by atoms with Crippen molar-refractivity contribution in [1.82, 2.24) is 5.32 Å². The predicted octanol–water partition coefficient (Wildman–Crippen LogP) is 15.8. The minimum Gasteiger partial charge on any atom is -0.394 e. The van der Waals surface area contributed by atoms with Gasteiger partial charge in [0.15, 0.2) is 18.9 Å². The number of hydrogen-bond acceptors (Lipinski definition) is 18. The molecule has 19 nitrogen and oxygen atoms in total. The second kappa shape index (κ2) is 68.6. The first-order valence-electron chi connectivity index (χ1n) is 43.3. The zero-order valence-electron chi connectivity index (χ0n) is 67.5. The summed E-state index contributed by atoms with van der Waals surface area (Å²) in [4.78, 5) is 13.5. The number of aliphatic hydroxyl groups excluding tert-OH is 11. The molecule has 0 saturated carbocycles. The number of hydrogen-bond donors (Lipinski definition) is 12. The molecule has 0 spiro atoms. The van der Waals surface area contributed by atoms with E-state index in [-0.39, 0.29) is 18.9 Å². The molecule has 0 aromatic carbocycles. The van der Waals surface area contributed by atoms with Crippen molar-refractivity contribution in [3.63, 3.8) is 0 Å². The molecule has 1 amide bonds. The lowest BCUT2D eigenvalue weighted by atomic mass is 9.96. The quantitative estimate of drug-likeness (QED) is 0.0199. The number of amides is 1. The van der Waals surface area contributed by atoms with Crippen molar-refractivity contribution in [2.45, 2.75) is 413 Å². The summed E-state index contributed by atoms with van der Waals surface area (Å²) < 4.78 is 34.5. The van der Waals surface area contributed by atoms with Crippen molar-refractivity contribution in [3.05, 3.63) is 122 Å². The number of nitrogens with one attached hydrogen (secondary N) is 1. The van der Waals surface area contributed by atoms with Crippen LogP contribution in [0, 0.1) is 0 Å². The van der Waals surface area contributed by atoms with E-state index in [1.165, 1.54) is 167 Å². The van der Waals surface area contributed by atoms with Crippen LogP contribution in [0.5, 0.6) is 0 Å². The van der Waals surface area contributed by atoms with E-state index in [1.54, 1.807) is 6.08 Å². The third kappa shape index (κ3) is 47.6. The van der Waals surface area contributed by atoms with Crippen LogP contribution < -0.4 is 5.32 Å². The highest BCUT2D eigenvalue weighted by atomic mass is 16.8. The van der Waals surface area contributed by atoms with Crippen LogP contribution >= 0.6 is 0 Å². The second-order valence-electron chi connectivity index (χ2n) is 30.3. The minimum atomic E-state index is -1.99. The Morgan fingerprint density at radius 2 is 0.633 bits per heavy atom. The van der Waals surface area contributed by atoms with E-state index in [9.17, 15) is 61.0 Å². The number of carbonyl (C=O) groups excluding carboxylic acids is 1. The van der Waals surface area contributed by atoms with E-state index in [0.717, 1.165) is 116 Å². The number of carbonyl (C=O) groups is 1. The summed E-state index contributed by atoms with van der Waals surface area (Å²) in [5, 5.41) is 121. The minimum absolute atomic E-state index is 0.229. The molecule has 0 bridgehead atoms. The summed E-state index contributed by atoms with van der Waals surface area (Å²) in [7, 11) is 0. The lowest BCUT2D eigenvalue weighted by Crippen LogP contribution is -2.66. The fourth-order valence-corrected chi connectivity index (χ4v) is 13.9. The SMILES string of the molecule is CC/C=C\C/C=C\C/C=C\C/C=C\C/C=C\C/C=C\C/C=C\C/C=C\C/C=C\CCCCCCCCCCCC(=O)NC(COC1OC(CO)C(OC2OC(CO)C(OC3OC(CO)C(O)C(O)C3O)C(O)C2O)C(O)C1O)C(O)/C=C/CCCCCCCCCCCCCCCCCCCCCCCCCCC. The standard InChI is InChI=1S/C90H155NO18/c1-3-5-7-9-11-13-15-17-19-21-23-25-27-29-31-32-33-34-35-36-37-38-39-40-42-44-46-48-50-52-54-56-58-60-62-64-66-68-78(96)91-73(74(95)67-65-63-61-59-57-55-53-51-49-47-45-43-41-30-28-26-24-22-20-18-16-14-12-10-8-6-4-2)72-104-88-84(102)81(99)86(76(70-93)106-88)109-90-85(103)82(100)87(77(71-94)107-90)108-89-83(101)80(98)79(97)75(69-92)105-89/h5,7,11,13,17,19,23,25,29,31,33-34,36-37,39-40,44,46,65,67,73-77,79-90,92-95,97-103H,3-4,6,8-10,12,14-16,18,20-22,24,26-28,30,32,35,38,41-43,45,47-64,66,68-72H2,1-2H3,(H,91,96)/b7-5-,13-11-,19-17-,25-23-,31-29-,34-33-,37-36-,40-39-,46-44-,67-65+. The summed E-state index contributed by atoms with van der Waals surface area (Å²) >= 11 is 0. The van der Waals surface area contributed by atoms with Gasteiger partial charge in [0, 0.05) is 6.42 Å². The molecule has 3 saturated heterocycles. The number of rotatable bonds is 68. The lowest BCUT2D eigenvalue weighted by Gasteiger charge is -2.48. The Hall–Kier alpha value is -3.81. The van der Waals surface area contributed by atoms with Crippen molar-refractivity contribution in [2.24, 2.45) is 0 Å². The molecule has 3 aliphatic rings. The zero-order chi connectivity index (χ0) is 78.8. The first-order valence-corrected chi connectivity index (χ1v) is 43.3. The molecule has 0 radical (unpaired) electrons. The summed E-state index contributed by atoms with van der Waals surface area (Å²) in [5.74, 6) is -0.283. The fourth-order valence-electron chi connectivity index (χ4n) is 13.9. The third-order valence-electron chi connectivity index (χ3n) is 20.8. The van der Waals surface area contributed by atoms with E-state index in [4.69, 9.17) is 28.4 Å². The Labute approximate surface area is 658 Å². The molecule has 0 aliphatic carbocycles. The highest BCUT2D eigenvalue weighted by molar-refractivity contribution is 5.76. The molecule has 3 fully saturated rings. The molecule has 3 rings (SSSR count). The molecular formula is C90H155NO18. The van der Waals surface area contributed by atoms with Gasteiger partial charge in [-0.05, 0) is 89.9 Å². The normalized spacial score (nSPS) is 25.9. The molecular weight excluding hydrogens is 1380 g/mol. The van der Waals surface area contributed by atoms with Gasteiger partial charge < -0.3 is 89.9 Å². The fraction of sp³-hybridized carbons (Fsp3) is 0.767. The van der Waals surface area contributed by atoms with Crippen LogP contribution in [0.1, 0.15) is 309 Å². The van der Waals surface area contributed by atoms with Crippen molar-refractivity contribution in [1.29, 1.82) is 0 Å². The largest absolute Gasteiger partial charge is 0.394 e. The average Bonchev–Trinajstić information content (AvgIpc) is 0.760. The Kier molecular flexibility index (Phi) is 62.5. The van der Waals surface area contributed by atoms with Crippen LogP contribution in [0.4, 0.5) is 0 Å². The van der Waals surface area contributed by atoms with Crippen molar-refractivity contribution < 1.29 is 89.4 Å². The van der Waals surface area contributed by atoms with Gasteiger partial charge in [-0.2, -0.15) is 0 Å². The van der Waals surface area contributed by atoms with E-state index in [0.29, 0.717) is 6.42 Å². The summed E-state index contributed by atoms with van der Waals surface area (Å²) in [6.07, 6.45) is 70.4. The van der Waals surface area contributed by atoms with Crippen LogP contribution in [0.2, 0.25) is 0 Å². The van der Waals surface area contributed by atoms with Gasteiger partial charge in [-0.3, -0.25) is 4.79 Å². The van der Waals surface area contributed by atoms with E-state index in [2.05, 4.69) is 129 Å². The van der Waals surface area contributed by atoms with Gasteiger partial charge in [-0.25, -0.2) is 0 Å². The van der Waals surface area contributed by atoms with Crippen LogP contribution in [0.3, 0.4) is 0 Å². The molecule has 17 atom stereocenters. The molecule has 0 aromatic heterocycles. The highest BCUT2D eigenvalue weighted by Crippen LogP contribution is 2.33. The van der Waals surface area contributed by atoms with Gasteiger partial charge in [-0.1, -0.05) is 334 Å². The summed E-state index contributed by atoms with van der Waals surface area (Å²) in [6.45, 7) is 1.64. The van der Waals surface area contributed by atoms with Crippen LogP contribution in [-0.2, 0) is 33.2 Å². The molecule has 0 aromatic rings. The molecule has 12 N–H and O–H groups in total. The van der Waals surface area contributed by atoms with Gasteiger partial charge in [0.1, 0.15) is 73.2 Å². The molecule has 19 heteroatoms. The second-order valence-corrected chi connectivity index (χ2v) is 30.3. The molecule has 109 heavy (non-hydrogen) atoms. The maximum Gasteiger partial charge on any atom is 0.220 e. The smallest absolute Gasteiger partial charge is 0.220 e. The Morgan fingerprint density at radius 1 is 0.339 bits per heavy atom. The molecule has 628 valence electrons. The Balaban J connectivity index is 1.36. The van der Waals surface area contributed by atoms with Crippen LogP contribution in [-0.4, -0.2) is 193 Å². The molecule has 3 aliphatic heterocycles. The Morgan fingerprint density at radius 3 is 0.991 bits per heavy atom. The van der Waals surface area contributed by atoms with Gasteiger partial charge in [0.25, 0.3) is 0 Å². The van der Waals surface area contributed by atoms with Gasteiger partial charge in [-0.15, -0.1) is 0 Å². The van der Waals surface area contributed by atoms with Crippen molar-refractivity contribution in [2.75, 3.05) is 26.4 Å². The van der Waals surface area contributed by atoms with E-state index in [1.807, 2.05) is 6.08 Å². The third-order valence-corrected chi connectivity index (χ3v) is 20.8. The first-order chi connectivity index (χ1) is 53.3. The van der Waals surface area contributed by atoms with Gasteiger partial charge in [0.05, 0.1) is 38.6 Å². The number of aliphatic hydroxyl groups is 11. The molecule has 17 unspecified atom stereocenters. The van der Waals surface area contributed by atoms with Gasteiger partial charge in [0.2, 0.25) is 5.91 Å². The molecule has 3 heterocycles. The maximum absolute atomic E-state index is 13.5. The van der Waals surface area contributed by atoms with Crippen LogP contribution in [0.25, 0.3) is 0 Å². The summed E-state index contributed by atoms with van der Waals surface area (Å²) in [6, 6.07) is -0.987. The lowest BCUT2D eigenvalue weighted by molar-refractivity contribution is -0.379. The topological polar surface area (TPSA) is 307 Å². The summed E-state index contributed by atoms with van der Waals surface area (Å²) in [5.41, 5.74) is 0. The number of allylic oxidation sites excluding steroid dienone is 19. The Bertz CT molecular complexity index is 2440. The number of ether oxygens (including phenoxy) is 6. The first kappa shape index (κ1) is 99.4. The van der Waals surface area contributed by atoms with Crippen LogP contribution in [0.15, 0.2) is 122 Å². The van der Waals surface area contributed by atoms with Crippen molar-refractivity contribution in [3.8, 4) is 0 Å². The monoisotopic (exact) mass is 1540 g/mol. The average molecular weight is 1540 g/mol. The zero-order valence-corrected chi connectivity index (χ0v) is 67.5. The van der Waals surface area contributed by atoms with E-state index < -0.39 is 124 Å². The van der Waals surface area contributed by atoms with Gasteiger partial charge >= 0.3 is 0 Å². The highest BCUT2D eigenvalue weighted by Gasteiger charge is 2.54. The van der Waals surface area contributed by atoms with E-state index >= 15 is 0 Å².